The molecule has 0 unspecified atom stereocenters. The van der Waals surface area contributed by atoms with E-state index < -0.39 is 0 Å². The quantitative estimate of drug-likeness (QED) is 0.244. The second-order valence-electron chi connectivity index (χ2n) is 7.89. The number of carbonyl (C=O) groups is 2. The van der Waals surface area contributed by atoms with Crippen molar-refractivity contribution < 1.29 is 14.0 Å². The summed E-state index contributed by atoms with van der Waals surface area (Å²) in [4.78, 5) is 26.8. The lowest BCUT2D eigenvalue weighted by Gasteiger charge is -2.16. The number of halogens is 1. The molecule has 0 saturated carbocycles. The Morgan fingerprint density at radius 3 is 2.68 bits per heavy atom. The highest BCUT2D eigenvalue weighted by Crippen LogP contribution is 2.28. The Kier molecular flexibility index (Phi) is 6.51. The minimum absolute atomic E-state index is 0.0425. The molecule has 0 radical (unpaired) electrons. The van der Waals surface area contributed by atoms with Gasteiger partial charge in [-0.15, -0.1) is 10.2 Å². The molecule has 1 fully saturated rings. The molecule has 5 rings (SSSR count). The molecule has 3 heterocycles. The molecule has 1 aliphatic heterocycles. The molecular formula is C25H21ClN4O3S. The molecule has 2 aromatic heterocycles. The first-order valence-electron chi connectivity index (χ1n) is 10.9. The summed E-state index contributed by atoms with van der Waals surface area (Å²) in [5.41, 5.74) is 2.20. The molecule has 0 spiro atoms. The highest BCUT2D eigenvalue weighted by Gasteiger charge is 2.23. The number of Topliss-reactive ketones (excluding diaryl/α,β-unsaturated/α-hetero) is 1. The number of nitrogens with zero attached hydrogens (tertiary/aromatic N) is 4. The van der Waals surface area contributed by atoms with E-state index in [0.29, 0.717) is 41.1 Å². The second kappa shape index (κ2) is 9.87. The second-order valence-corrected chi connectivity index (χ2v) is 9.27. The lowest BCUT2D eigenvalue weighted by molar-refractivity contribution is -0.117. The number of hydrogen-bond donors (Lipinski definition) is 0. The van der Waals surface area contributed by atoms with E-state index in [0.717, 1.165) is 23.4 Å². The van der Waals surface area contributed by atoms with Gasteiger partial charge in [-0.3, -0.25) is 14.2 Å². The van der Waals surface area contributed by atoms with Crippen molar-refractivity contribution in [3.63, 3.8) is 0 Å². The molecule has 34 heavy (non-hydrogen) atoms. The maximum Gasteiger partial charge on any atom is 0.227 e. The highest BCUT2D eigenvalue weighted by molar-refractivity contribution is 7.99. The molecule has 1 amide bonds. The predicted octanol–water partition coefficient (Wildman–Crippen LogP) is 5.34. The lowest BCUT2D eigenvalue weighted by Crippen LogP contribution is -2.23. The molecule has 0 N–H and O–H groups in total. The van der Waals surface area contributed by atoms with Crippen molar-refractivity contribution in [2.24, 2.45) is 0 Å². The molecule has 0 atom stereocenters. The van der Waals surface area contributed by atoms with Crippen molar-refractivity contribution in [2.45, 2.75) is 24.5 Å². The molecule has 9 heteroatoms. The Bertz CT molecular complexity index is 1320. The summed E-state index contributed by atoms with van der Waals surface area (Å²) >= 11 is 7.36. The van der Waals surface area contributed by atoms with Gasteiger partial charge in [-0.1, -0.05) is 35.5 Å². The van der Waals surface area contributed by atoms with E-state index in [1.807, 2.05) is 41.0 Å². The average Bonchev–Trinajstić information content (AvgIpc) is 3.61. The van der Waals surface area contributed by atoms with Crippen LogP contribution in [0, 0.1) is 0 Å². The summed E-state index contributed by atoms with van der Waals surface area (Å²) in [5.74, 6) is 1.66. The van der Waals surface area contributed by atoms with Crippen LogP contribution in [0.1, 0.15) is 29.0 Å². The van der Waals surface area contributed by atoms with Gasteiger partial charge in [-0.05, 0) is 55.0 Å². The summed E-state index contributed by atoms with van der Waals surface area (Å²) in [5, 5.41) is 9.97. The molecule has 172 valence electrons. The first-order chi connectivity index (χ1) is 16.6. The van der Waals surface area contributed by atoms with E-state index in [9.17, 15) is 9.59 Å². The molecular weight excluding hydrogens is 472 g/mol. The monoisotopic (exact) mass is 492 g/mol. The van der Waals surface area contributed by atoms with E-state index in [1.54, 1.807) is 35.4 Å². The van der Waals surface area contributed by atoms with Crippen LogP contribution in [0.3, 0.4) is 0 Å². The topological polar surface area (TPSA) is 81.2 Å². The van der Waals surface area contributed by atoms with Crippen LogP contribution in [0.15, 0.2) is 76.5 Å². The number of carbonyl (C=O) groups excluding carboxylic acids is 2. The van der Waals surface area contributed by atoms with Gasteiger partial charge in [0.15, 0.2) is 16.8 Å². The third kappa shape index (κ3) is 4.78. The van der Waals surface area contributed by atoms with Crippen molar-refractivity contribution in [1.82, 2.24) is 14.8 Å². The first kappa shape index (κ1) is 22.4. The molecule has 2 aromatic carbocycles. The van der Waals surface area contributed by atoms with E-state index >= 15 is 0 Å². The zero-order valence-corrected chi connectivity index (χ0v) is 19.8. The maximum absolute atomic E-state index is 13.0. The predicted molar refractivity (Wildman–Crippen MR) is 131 cm³/mol. The number of ketones is 1. The summed E-state index contributed by atoms with van der Waals surface area (Å²) < 4.78 is 7.46. The Labute approximate surface area is 205 Å². The Morgan fingerprint density at radius 2 is 1.94 bits per heavy atom. The van der Waals surface area contributed by atoms with E-state index in [2.05, 4.69) is 10.2 Å². The summed E-state index contributed by atoms with van der Waals surface area (Å²) in [6.45, 7) is 1.12. The fourth-order valence-corrected chi connectivity index (χ4v) is 4.85. The third-order valence-corrected chi connectivity index (χ3v) is 6.82. The SMILES string of the molecule is O=C(CSc1nnc(-c2ccc(Cl)cc2)n1Cc1ccco1)c1cccc(N2CCCC2=O)c1. The van der Waals surface area contributed by atoms with Crippen LogP contribution in [0.5, 0.6) is 0 Å². The van der Waals surface area contributed by atoms with Gasteiger partial charge in [0.05, 0.1) is 18.6 Å². The normalized spacial score (nSPS) is 13.6. The minimum atomic E-state index is -0.0425. The van der Waals surface area contributed by atoms with Crippen LogP contribution in [0.25, 0.3) is 11.4 Å². The van der Waals surface area contributed by atoms with Crippen molar-refractivity contribution in [1.29, 1.82) is 0 Å². The van der Waals surface area contributed by atoms with Gasteiger partial charge in [-0.25, -0.2) is 0 Å². The molecule has 4 aromatic rings. The maximum atomic E-state index is 13.0. The van der Waals surface area contributed by atoms with E-state index in [1.165, 1.54) is 11.8 Å². The van der Waals surface area contributed by atoms with Gasteiger partial charge < -0.3 is 9.32 Å². The number of aromatic nitrogens is 3. The Balaban J connectivity index is 1.36. The van der Waals surface area contributed by atoms with Crippen molar-refractivity contribution in [2.75, 3.05) is 17.2 Å². The van der Waals surface area contributed by atoms with Crippen LogP contribution in [0.4, 0.5) is 5.69 Å². The Morgan fingerprint density at radius 1 is 1.09 bits per heavy atom. The average molecular weight is 493 g/mol. The standard InChI is InChI=1S/C25H21ClN4O3S/c26-19-10-8-17(9-11-19)24-27-28-25(30(24)15-21-6-3-13-33-21)34-16-22(31)18-4-1-5-20(14-18)29-12-2-7-23(29)32/h1,3-6,8-11,13-14H,2,7,12,15-16H2. The number of anilines is 1. The van der Waals surface area contributed by atoms with Crippen molar-refractivity contribution >= 4 is 40.7 Å². The first-order valence-corrected chi connectivity index (χ1v) is 12.2. The van der Waals surface area contributed by atoms with Gasteiger partial charge in [0.1, 0.15) is 5.76 Å². The fraction of sp³-hybridized carbons (Fsp3) is 0.200. The van der Waals surface area contributed by atoms with Crippen LogP contribution in [-0.4, -0.2) is 38.8 Å². The zero-order valence-electron chi connectivity index (χ0n) is 18.2. The van der Waals surface area contributed by atoms with Gasteiger partial charge in [-0.2, -0.15) is 0 Å². The highest BCUT2D eigenvalue weighted by atomic mass is 35.5. The van der Waals surface area contributed by atoms with E-state index in [4.69, 9.17) is 16.0 Å². The summed E-state index contributed by atoms with van der Waals surface area (Å²) in [7, 11) is 0. The molecule has 0 aliphatic carbocycles. The summed E-state index contributed by atoms with van der Waals surface area (Å²) in [6.07, 6.45) is 3.01. The van der Waals surface area contributed by atoms with Gasteiger partial charge in [0, 0.05) is 34.8 Å². The van der Waals surface area contributed by atoms with Gasteiger partial charge >= 0.3 is 0 Å². The van der Waals surface area contributed by atoms with Crippen LogP contribution < -0.4 is 4.90 Å². The third-order valence-electron chi connectivity index (χ3n) is 5.60. The van der Waals surface area contributed by atoms with Crippen LogP contribution in [0.2, 0.25) is 5.02 Å². The molecule has 1 aliphatic rings. The van der Waals surface area contributed by atoms with Crippen molar-refractivity contribution in [3.05, 3.63) is 83.3 Å². The number of benzene rings is 2. The number of furan rings is 1. The smallest absolute Gasteiger partial charge is 0.227 e. The largest absolute Gasteiger partial charge is 0.467 e. The zero-order chi connectivity index (χ0) is 23.5. The van der Waals surface area contributed by atoms with Crippen molar-refractivity contribution in [3.8, 4) is 11.4 Å². The van der Waals surface area contributed by atoms with Gasteiger partial charge in [0.2, 0.25) is 5.91 Å². The number of amides is 1. The molecule has 7 nitrogen and oxygen atoms in total. The Hall–Kier alpha value is -3.36. The fourth-order valence-electron chi connectivity index (χ4n) is 3.89. The van der Waals surface area contributed by atoms with Crippen LogP contribution >= 0.6 is 23.4 Å². The number of thioether (sulfide) groups is 1. The van der Waals surface area contributed by atoms with Crippen LogP contribution in [-0.2, 0) is 11.3 Å². The van der Waals surface area contributed by atoms with Gasteiger partial charge in [0.25, 0.3) is 0 Å². The minimum Gasteiger partial charge on any atom is -0.467 e. The molecule has 0 bridgehead atoms. The summed E-state index contributed by atoms with van der Waals surface area (Å²) in [6, 6.07) is 18.3. The number of hydrogen-bond acceptors (Lipinski definition) is 6. The lowest BCUT2D eigenvalue weighted by atomic mass is 10.1. The molecule has 1 saturated heterocycles. The number of rotatable bonds is 8. The van der Waals surface area contributed by atoms with E-state index in [-0.39, 0.29) is 17.4 Å².